The van der Waals surface area contributed by atoms with Gasteiger partial charge in [0, 0.05) is 6.20 Å². The van der Waals surface area contributed by atoms with Gasteiger partial charge in [0.05, 0.1) is 14.6 Å². The molecule has 9 heteroatoms. The first kappa shape index (κ1) is 15.2. The molecule has 1 rings (SSSR count). The average Bonchev–Trinajstić information content (AvgIpc) is 2.14. The second kappa shape index (κ2) is 4.37. The third-order valence-corrected chi connectivity index (χ3v) is 6.16. The van der Waals surface area contributed by atoms with Crippen LogP contribution >= 0.6 is 0 Å². The summed E-state index contributed by atoms with van der Waals surface area (Å²) in [6, 6.07) is 0. The Balaban J connectivity index is 3.15. The fourth-order valence-corrected chi connectivity index (χ4v) is 3.77. The molecule has 0 fully saturated rings. The fourth-order valence-electron chi connectivity index (χ4n) is 1.43. The summed E-state index contributed by atoms with van der Waals surface area (Å²) in [6.07, 6.45) is 1.38. The van der Waals surface area contributed by atoms with Crippen LogP contribution in [0.1, 0.15) is 0 Å². The molecule has 0 amide bonds. The van der Waals surface area contributed by atoms with E-state index in [0.29, 0.717) is 6.20 Å². The molecule has 0 saturated heterocycles. The van der Waals surface area contributed by atoms with Crippen molar-refractivity contribution in [1.29, 1.82) is 0 Å². The van der Waals surface area contributed by atoms with E-state index < -0.39 is 36.0 Å². The van der Waals surface area contributed by atoms with Gasteiger partial charge >= 0.3 is 15.5 Å². The number of sulfonamides is 1. The van der Waals surface area contributed by atoms with Crippen LogP contribution in [0.2, 0.25) is 19.6 Å². The van der Waals surface area contributed by atoms with Crippen molar-refractivity contribution >= 4 is 18.1 Å². The summed E-state index contributed by atoms with van der Waals surface area (Å²) in [5, 5.41) is 0.151. The van der Waals surface area contributed by atoms with Crippen molar-refractivity contribution in [3.05, 3.63) is 23.3 Å². The Morgan fingerprint density at radius 3 is 2.17 bits per heavy atom. The molecule has 3 nitrogen and oxygen atoms in total. The van der Waals surface area contributed by atoms with Crippen LogP contribution in [0, 0.1) is 0 Å². The van der Waals surface area contributed by atoms with Crippen molar-refractivity contribution in [1.82, 2.24) is 4.31 Å². The SMILES string of the molecule is C[Si](C)(C)C1=C(F)C=CN(S(=O)(=O)C(F)(F)F)C1. The van der Waals surface area contributed by atoms with Gasteiger partial charge in [-0.25, -0.2) is 4.39 Å². The second-order valence-corrected chi connectivity index (χ2v) is 11.9. The summed E-state index contributed by atoms with van der Waals surface area (Å²) in [4.78, 5) is 0. The maximum absolute atomic E-state index is 13.5. The summed E-state index contributed by atoms with van der Waals surface area (Å²) in [5.74, 6) is -0.636. The lowest BCUT2D eigenvalue weighted by Crippen LogP contribution is -2.43. The largest absolute Gasteiger partial charge is 0.516 e. The van der Waals surface area contributed by atoms with Crippen molar-refractivity contribution in [2.24, 2.45) is 0 Å². The van der Waals surface area contributed by atoms with E-state index in [9.17, 15) is 26.0 Å². The Bertz CT molecular complexity index is 502. The lowest BCUT2D eigenvalue weighted by molar-refractivity contribution is -0.0475. The minimum Gasteiger partial charge on any atom is -0.266 e. The Labute approximate surface area is 104 Å². The van der Waals surface area contributed by atoms with Gasteiger partial charge in [-0.2, -0.15) is 21.6 Å². The Kier molecular flexibility index (Phi) is 3.70. The molecule has 0 unspecified atom stereocenters. The van der Waals surface area contributed by atoms with E-state index in [4.69, 9.17) is 0 Å². The second-order valence-electron chi connectivity index (χ2n) is 4.89. The fraction of sp³-hybridized carbons (Fsp3) is 0.556. The van der Waals surface area contributed by atoms with Crippen LogP contribution in [0.25, 0.3) is 0 Å². The molecule has 1 aliphatic rings. The number of halogens is 4. The summed E-state index contributed by atoms with van der Waals surface area (Å²) in [5.41, 5.74) is -5.38. The van der Waals surface area contributed by atoms with Gasteiger partial charge in [0.2, 0.25) is 0 Å². The topological polar surface area (TPSA) is 37.4 Å². The molecule has 0 saturated carbocycles. The van der Waals surface area contributed by atoms with E-state index in [0.717, 1.165) is 6.08 Å². The van der Waals surface area contributed by atoms with Crippen LogP contribution in [0.5, 0.6) is 0 Å². The lowest BCUT2D eigenvalue weighted by atomic mass is 10.4. The Hall–Kier alpha value is -0.833. The highest BCUT2D eigenvalue weighted by Gasteiger charge is 2.50. The van der Waals surface area contributed by atoms with Crippen molar-refractivity contribution < 1.29 is 26.0 Å². The van der Waals surface area contributed by atoms with E-state index in [1.807, 2.05) is 0 Å². The van der Waals surface area contributed by atoms with E-state index in [2.05, 4.69) is 0 Å². The van der Waals surface area contributed by atoms with Gasteiger partial charge in [0.15, 0.2) is 0 Å². The van der Waals surface area contributed by atoms with Gasteiger partial charge in [-0.3, -0.25) is 4.31 Å². The molecule has 1 heterocycles. The number of rotatable bonds is 2. The summed E-state index contributed by atoms with van der Waals surface area (Å²) < 4.78 is 73.2. The first-order chi connectivity index (χ1) is 7.87. The third kappa shape index (κ3) is 2.77. The molecular formula is C9H13F4NO2SSi. The number of hydrogen-bond acceptors (Lipinski definition) is 2. The maximum atomic E-state index is 13.5. The number of nitrogens with zero attached hydrogens (tertiary/aromatic N) is 1. The van der Waals surface area contributed by atoms with Gasteiger partial charge in [0.1, 0.15) is 5.83 Å². The van der Waals surface area contributed by atoms with E-state index in [-0.39, 0.29) is 9.50 Å². The third-order valence-electron chi connectivity index (χ3n) is 2.50. The highest BCUT2D eigenvalue weighted by atomic mass is 32.2. The van der Waals surface area contributed by atoms with Crippen molar-refractivity contribution in [2.45, 2.75) is 25.1 Å². The molecule has 0 atom stereocenters. The first-order valence-corrected chi connectivity index (χ1v) is 9.97. The highest BCUT2D eigenvalue weighted by Crippen LogP contribution is 2.32. The minimum atomic E-state index is -5.45. The molecular weight excluding hydrogens is 290 g/mol. The molecule has 0 bridgehead atoms. The molecule has 0 aromatic rings. The van der Waals surface area contributed by atoms with Crippen LogP contribution < -0.4 is 0 Å². The Morgan fingerprint density at radius 2 is 1.78 bits per heavy atom. The maximum Gasteiger partial charge on any atom is 0.516 e. The number of allylic oxidation sites excluding steroid dienone is 2. The Morgan fingerprint density at radius 1 is 1.28 bits per heavy atom. The van der Waals surface area contributed by atoms with Gasteiger partial charge in [-0.15, -0.1) is 0 Å². The average molecular weight is 303 g/mol. The van der Waals surface area contributed by atoms with Crippen LogP contribution in [-0.4, -0.2) is 32.8 Å². The van der Waals surface area contributed by atoms with Crippen molar-refractivity contribution in [3.8, 4) is 0 Å². The lowest BCUT2D eigenvalue weighted by Gasteiger charge is -2.30. The van der Waals surface area contributed by atoms with Crippen LogP contribution in [0.3, 0.4) is 0 Å². The smallest absolute Gasteiger partial charge is 0.266 e. The van der Waals surface area contributed by atoms with E-state index in [1.165, 1.54) is 0 Å². The van der Waals surface area contributed by atoms with Gasteiger partial charge < -0.3 is 0 Å². The van der Waals surface area contributed by atoms with E-state index in [1.54, 1.807) is 19.6 Å². The predicted molar refractivity (Wildman–Crippen MR) is 62.3 cm³/mol. The molecule has 0 aromatic carbocycles. The van der Waals surface area contributed by atoms with E-state index >= 15 is 0 Å². The zero-order valence-electron chi connectivity index (χ0n) is 10.0. The standard InChI is InChI=1S/C9H13F4NO2SSi/c1-18(2,3)8-6-14(5-4-7(8)10)17(15,16)9(11,12)13/h4-5H,6H2,1-3H3. The zero-order valence-corrected chi connectivity index (χ0v) is 11.9. The molecule has 0 spiro atoms. The minimum absolute atomic E-state index is 0.143. The van der Waals surface area contributed by atoms with Crippen LogP contribution in [-0.2, 0) is 10.0 Å². The molecule has 0 aliphatic carbocycles. The van der Waals surface area contributed by atoms with Gasteiger partial charge in [0.25, 0.3) is 0 Å². The van der Waals surface area contributed by atoms with Crippen molar-refractivity contribution in [3.63, 3.8) is 0 Å². The molecule has 18 heavy (non-hydrogen) atoms. The quantitative estimate of drug-likeness (QED) is 0.581. The summed E-state index contributed by atoms with van der Waals surface area (Å²) in [6.45, 7) is 4.64. The zero-order chi connectivity index (χ0) is 14.4. The predicted octanol–water partition coefficient (Wildman–Crippen LogP) is 2.77. The number of alkyl halides is 3. The molecule has 0 aromatic heterocycles. The molecule has 104 valence electrons. The molecule has 0 radical (unpaired) electrons. The summed E-state index contributed by atoms with van der Waals surface area (Å²) in [7, 11) is -7.67. The highest BCUT2D eigenvalue weighted by molar-refractivity contribution is 7.90. The van der Waals surface area contributed by atoms with Crippen LogP contribution in [0.4, 0.5) is 17.6 Å². The van der Waals surface area contributed by atoms with Crippen molar-refractivity contribution in [2.75, 3.05) is 6.54 Å². The first-order valence-electron chi connectivity index (χ1n) is 5.03. The monoisotopic (exact) mass is 303 g/mol. The summed E-state index contributed by atoms with van der Waals surface area (Å²) >= 11 is 0. The van der Waals surface area contributed by atoms with Gasteiger partial charge in [-0.05, 0) is 11.3 Å². The van der Waals surface area contributed by atoms with Crippen LogP contribution in [0.15, 0.2) is 23.3 Å². The normalized spacial score (nSPS) is 18.5. The number of hydrogen-bond donors (Lipinski definition) is 0. The molecule has 0 N–H and O–H groups in total. The van der Waals surface area contributed by atoms with Gasteiger partial charge in [-0.1, -0.05) is 19.6 Å². The molecule has 1 aliphatic heterocycles.